The van der Waals surface area contributed by atoms with Gasteiger partial charge >= 0.3 is 5.97 Å². The smallest absolute Gasteiger partial charge is 0.315 e. The molecule has 0 spiro atoms. The van der Waals surface area contributed by atoms with Crippen LogP contribution in [0.25, 0.3) is 0 Å². The largest absolute Gasteiger partial charge is 0.481 e. The zero-order valence-corrected chi connectivity index (χ0v) is 10.5. The summed E-state index contributed by atoms with van der Waals surface area (Å²) in [5, 5.41) is 12.2. The summed E-state index contributed by atoms with van der Waals surface area (Å²) in [6.45, 7) is 3.42. The fourth-order valence-corrected chi connectivity index (χ4v) is 3.20. The Morgan fingerprint density at radius 1 is 1.50 bits per heavy atom. The van der Waals surface area contributed by atoms with Crippen molar-refractivity contribution in [1.82, 2.24) is 4.98 Å². The van der Waals surface area contributed by atoms with E-state index in [1.807, 2.05) is 5.38 Å². The fraction of sp³-hybridized carbons (Fsp3) is 0.667. The van der Waals surface area contributed by atoms with Gasteiger partial charge in [0.05, 0.1) is 10.7 Å². The van der Waals surface area contributed by atoms with E-state index in [-0.39, 0.29) is 0 Å². The summed E-state index contributed by atoms with van der Waals surface area (Å²) in [5.41, 5.74) is -0.167. The summed E-state index contributed by atoms with van der Waals surface area (Å²) in [7, 11) is 0. The van der Waals surface area contributed by atoms with Crippen LogP contribution in [0.1, 0.15) is 56.2 Å². The molecule has 0 aliphatic heterocycles. The van der Waals surface area contributed by atoms with Gasteiger partial charge in [-0.2, -0.15) is 0 Å². The first-order valence-corrected chi connectivity index (χ1v) is 6.59. The summed E-state index contributed by atoms with van der Waals surface area (Å²) in [6.07, 6.45) is 4.98. The number of carboxylic acids is 1. The van der Waals surface area contributed by atoms with Crippen molar-refractivity contribution in [1.29, 1.82) is 0 Å². The Labute approximate surface area is 99.5 Å². The van der Waals surface area contributed by atoms with Crippen molar-refractivity contribution in [2.45, 2.75) is 50.9 Å². The lowest BCUT2D eigenvalue weighted by molar-refractivity contribution is -0.142. The Bertz CT molecular complexity index is 391. The van der Waals surface area contributed by atoms with Crippen molar-refractivity contribution in [2.75, 3.05) is 0 Å². The van der Waals surface area contributed by atoms with E-state index in [0.29, 0.717) is 11.6 Å². The molecular weight excluding hydrogens is 222 g/mol. The molecule has 1 aliphatic rings. The van der Waals surface area contributed by atoms with Crippen molar-refractivity contribution < 1.29 is 9.90 Å². The second-order valence-electron chi connectivity index (χ2n) is 4.98. The molecule has 1 heterocycles. The van der Waals surface area contributed by atoms with Gasteiger partial charge in [0, 0.05) is 11.3 Å². The molecule has 3 nitrogen and oxygen atoms in total. The highest BCUT2D eigenvalue weighted by Crippen LogP contribution is 2.37. The number of hydrogen-bond donors (Lipinski definition) is 1. The molecule has 16 heavy (non-hydrogen) atoms. The first kappa shape index (κ1) is 11.6. The van der Waals surface area contributed by atoms with Crippen LogP contribution in [0.5, 0.6) is 0 Å². The molecule has 1 N–H and O–H groups in total. The normalized spacial score (nSPS) is 17.9. The molecule has 0 aromatic carbocycles. The molecule has 2 rings (SSSR count). The van der Waals surface area contributed by atoms with Crippen LogP contribution in [0.15, 0.2) is 5.38 Å². The number of thiazole rings is 1. The van der Waals surface area contributed by atoms with Crippen LogP contribution in [-0.2, 0) is 10.2 Å². The molecule has 1 aromatic heterocycles. The second-order valence-corrected chi connectivity index (χ2v) is 5.87. The molecule has 0 bridgehead atoms. The predicted molar refractivity (Wildman–Crippen MR) is 64.0 cm³/mol. The van der Waals surface area contributed by atoms with Crippen molar-refractivity contribution >= 4 is 17.3 Å². The Morgan fingerprint density at radius 2 is 2.12 bits per heavy atom. The molecule has 1 saturated carbocycles. The van der Waals surface area contributed by atoms with E-state index in [1.54, 1.807) is 25.2 Å². The Kier molecular flexibility index (Phi) is 3.02. The maximum absolute atomic E-state index is 11.1. The number of rotatable bonds is 3. The SMILES string of the molecule is CC(C)(C(=O)O)c1csc(C2CCCC2)n1. The maximum Gasteiger partial charge on any atom is 0.315 e. The molecule has 0 unspecified atom stereocenters. The van der Waals surface area contributed by atoms with Crippen LogP contribution in [0.3, 0.4) is 0 Å². The highest BCUT2D eigenvalue weighted by Gasteiger charge is 2.33. The van der Waals surface area contributed by atoms with Crippen LogP contribution >= 0.6 is 11.3 Å². The highest BCUT2D eigenvalue weighted by atomic mass is 32.1. The molecule has 0 amide bonds. The first-order valence-electron chi connectivity index (χ1n) is 5.71. The average molecular weight is 239 g/mol. The van der Waals surface area contributed by atoms with Crippen LogP contribution in [0.2, 0.25) is 0 Å². The predicted octanol–water partition coefficient (Wildman–Crippen LogP) is 3.16. The zero-order valence-electron chi connectivity index (χ0n) is 9.69. The topological polar surface area (TPSA) is 50.2 Å². The summed E-state index contributed by atoms with van der Waals surface area (Å²) in [6, 6.07) is 0. The minimum absolute atomic E-state index is 0.573. The van der Waals surface area contributed by atoms with E-state index in [0.717, 1.165) is 5.01 Å². The van der Waals surface area contributed by atoms with Gasteiger partial charge < -0.3 is 5.11 Å². The Morgan fingerprint density at radius 3 is 2.69 bits per heavy atom. The molecule has 0 saturated heterocycles. The summed E-state index contributed by atoms with van der Waals surface area (Å²) < 4.78 is 0. The number of carboxylic acid groups (broad SMARTS) is 1. The van der Waals surface area contributed by atoms with Gasteiger partial charge in [0.15, 0.2) is 0 Å². The van der Waals surface area contributed by atoms with Gasteiger partial charge in [0.1, 0.15) is 5.41 Å². The highest BCUT2D eigenvalue weighted by molar-refractivity contribution is 7.09. The number of hydrogen-bond acceptors (Lipinski definition) is 3. The maximum atomic E-state index is 11.1. The molecular formula is C12H17NO2S. The van der Waals surface area contributed by atoms with E-state index in [1.165, 1.54) is 25.7 Å². The van der Waals surface area contributed by atoms with Crippen molar-refractivity contribution in [3.8, 4) is 0 Å². The molecule has 4 heteroatoms. The van der Waals surface area contributed by atoms with Gasteiger partial charge in [-0.25, -0.2) is 4.98 Å². The fourth-order valence-electron chi connectivity index (χ4n) is 2.04. The third kappa shape index (κ3) is 1.98. The third-order valence-electron chi connectivity index (χ3n) is 3.40. The lowest BCUT2D eigenvalue weighted by atomic mass is 9.90. The minimum atomic E-state index is -0.868. The summed E-state index contributed by atoms with van der Waals surface area (Å²) >= 11 is 1.62. The van der Waals surface area contributed by atoms with Crippen molar-refractivity contribution in [3.05, 3.63) is 16.1 Å². The van der Waals surface area contributed by atoms with Gasteiger partial charge in [-0.05, 0) is 26.7 Å². The van der Waals surface area contributed by atoms with Crippen LogP contribution in [0.4, 0.5) is 0 Å². The van der Waals surface area contributed by atoms with Crippen LogP contribution in [-0.4, -0.2) is 16.1 Å². The molecule has 0 atom stereocenters. The second kappa shape index (κ2) is 4.17. The van der Waals surface area contributed by atoms with E-state index >= 15 is 0 Å². The average Bonchev–Trinajstić information content (AvgIpc) is 2.88. The van der Waals surface area contributed by atoms with Crippen LogP contribution < -0.4 is 0 Å². The van der Waals surface area contributed by atoms with Gasteiger partial charge in [0.2, 0.25) is 0 Å². The van der Waals surface area contributed by atoms with Crippen molar-refractivity contribution in [3.63, 3.8) is 0 Å². The van der Waals surface area contributed by atoms with Crippen LogP contribution in [0, 0.1) is 0 Å². The molecule has 0 radical (unpaired) electrons. The number of nitrogens with zero attached hydrogens (tertiary/aromatic N) is 1. The molecule has 1 aliphatic carbocycles. The standard InChI is InChI=1S/C12H17NO2S/c1-12(2,11(14)15)9-7-16-10(13-9)8-5-3-4-6-8/h7-8H,3-6H2,1-2H3,(H,14,15). The van der Waals surface area contributed by atoms with Gasteiger partial charge in [-0.1, -0.05) is 12.8 Å². The number of aromatic nitrogens is 1. The molecule has 1 fully saturated rings. The van der Waals surface area contributed by atoms with Gasteiger partial charge in [-0.3, -0.25) is 4.79 Å². The number of carbonyl (C=O) groups is 1. The monoisotopic (exact) mass is 239 g/mol. The van der Waals surface area contributed by atoms with Gasteiger partial charge in [-0.15, -0.1) is 11.3 Å². The van der Waals surface area contributed by atoms with E-state index in [2.05, 4.69) is 4.98 Å². The lowest BCUT2D eigenvalue weighted by Crippen LogP contribution is -2.28. The zero-order chi connectivity index (χ0) is 11.8. The summed E-state index contributed by atoms with van der Waals surface area (Å²) in [4.78, 5) is 15.6. The van der Waals surface area contributed by atoms with E-state index in [4.69, 9.17) is 5.11 Å². The van der Waals surface area contributed by atoms with Gasteiger partial charge in [0.25, 0.3) is 0 Å². The first-order chi connectivity index (χ1) is 7.51. The molecule has 1 aromatic rings. The quantitative estimate of drug-likeness (QED) is 0.881. The summed E-state index contributed by atoms with van der Waals surface area (Å²) in [5.74, 6) is -0.237. The van der Waals surface area contributed by atoms with E-state index < -0.39 is 11.4 Å². The van der Waals surface area contributed by atoms with E-state index in [9.17, 15) is 4.79 Å². The Balaban J connectivity index is 2.21. The lowest BCUT2D eigenvalue weighted by Gasteiger charge is -2.15. The molecule has 88 valence electrons. The Hall–Kier alpha value is -0.900. The minimum Gasteiger partial charge on any atom is -0.481 e. The number of aliphatic carboxylic acids is 1. The third-order valence-corrected chi connectivity index (χ3v) is 4.41. The van der Waals surface area contributed by atoms with Crippen molar-refractivity contribution in [2.24, 2.45) is 0 Å².